The van der Waals surface area contributed by atoms with Crippen LogP contribution in [0.5, 0.6) is 0 Å². The molecule has 1 aromatic carbocycles. The Hall–Kier alpha value is -1.59. The van der Waals surface area contributed by atoms with Gasteiger partial charge in [0.1, 0.15) is 0 Å². The summed E-state index contributed by atoms with van der Waals surface area (Å²) >= 11 is 7.34. The van der Waals surface area contributed by atoms with Crippen molar-refractivity contribution in [1.29, 1.82) is 0 Å². The smallest absolute Gasteiger partial charge is 0.311 e. The van der Waals surface area contributed by atoms with Crippen LogP contribution in [0.15, 0.2) is 29.3 Å². The predicted molar refractivity (Wildman–Crippen MR) is 90.1 cm³/mol. The van der Waals surface area contributed by atoms with Crippen LogP contribution in [0.2, 0.25) is 5.02 Å². The van der Waals surface area contributed by atoms with Crippen LogP contribution in [0, 0.1) is 6.92 Å². The van der Waals surface area contributed by atoms with Gasteiger partial charge in [0.05, 0.1) is 11.6 Å². The van der Waals surface area contributed by atoms with E-state index >= 15 is 0 Å². The Morgan fingerprint density at radius 2 is 2.05 bits per heavy atom. The van der Waals surface area contributed by atoms with Gasteiger partial charge in [-0.1, -0.05) is 18.5 Å². The van der Waals surface area contributed by atoms with Gasteiger partial charge < -0.3 is 9.67 Å². The minimum atomic E-state index is -0.814. The molecular weight excluding hydrogens is 320 g/mol. The summed E-state index contributed by atoms with van der Waals surface area (Å²) in [6.45, 7) is 6.59. The number of hydrogen-bond donors (Lipinski definition) is 1. The lowest BCUT2D eigenvalue weighted by Gasteiger charge is -2.07. The number of aliphatic carboxylic acids is 1. The van der Waals surface area contributed by atoms with Gasteiger partial charge in [0, 0.05) is 22.1 Å². The molecule has 0 fully saturated rings. The number of thiazole rings is 1. The van der Waals surface area contributed by atoms with E-state index < -0.39 is 11.9 Å². The first kappa shape index (κ1) is 16.8. The van der Waals surface area contributed by atoms with Gasteiger partial charge in [0.15, 0.2) is 4.80 Å². The monoisotopic (exact) mass is 338 g/mol. The molecule has 0 saturated carbocycles. The van der Waals surface area contributed by atoms with Gasteiger partial charge in [-0.2, -0.15) is 0 Å². The van der Waals surface area contributed by atoms with Crippen molar-refractivity contribution in [2.24, 2.45) is 4.99 Å². The number of aromatic nitrogens is 1. The molecule has 2 aromatic rings. The van der Waals surface area contributed by atoms with E-state index in [2.05, 4.69) is 16.5 Å². The third-order valence-corrected chi connectivity index (χ3v) is 5.07. The molecule has 0 saturated heterocycles. The zero-order chi connectivity index (χ0) is 16.3. The van der Waals surface area contributed by atoms with E-state index in [1.54, 1.807) is 19.1 Å². The first-order chi connectivity index (χ1) is 10.4. The lowest BCUT2D eigenvalue weighted by molar-refractivity contribution is -0.138. The van der Waals surface area contributed by atoms with Gasteiger partial charge in [-0.3, -0.25) is 4.79 Å². The Labute approximate surface area is 138 Å². The number of hydrogen-bond acceptors (Lipinski definition) is 3. The summed E-state index contributed by atoms with van der Waals surface area (Å²) in [5.74, 6) is -1.34. The molecule has 0 spiro atoms. The van der Waals surface area contributed by atoms with E-state index in [-0.39, 0.29) is 0 Å². The summed E-state index contributed by atoms with van der Waals surface area (Å²) < 4.78 is 2.09. The molecule has 1 aromatic heterocycles. The number of carbonyl (C=O) groups is 1. The van der Waals surface area contributed by atoms with E-state index in [4.69, 9.17) is 11.6 Å². The van der Waals surface area contributed by atoms with E-state index in [1.165, 1.54) is 11.3 Å². The summed E-state index contributed by atoms with van der Waals surface area (Å²) in [7, 11) is 0. The van der Waals surface area contributed by atoms with Crippen LogP contribution in [0.25, 0.3) is 0 Å². The highest BCUT2D eigenvalue weighted by molar-refractivity contribution is 7.09. The second kappa shape index (κ2) is 7.11. The standard InChI is InChI=1S/C16H19ClN2O2S/c1-4-9-19-11(3)14(10(2)15(20)21)22-16(19)18-13-7-5-12(17)6-8-13/h5-8,10H,4,9H2,1-3H3,(H,20,21). The first-order valence-corrected chi connectivity index (χ1v) is 8.36. The van der Waals surface area contributed by atoms with Crippen molar-refractivity contribution in [3.8, 4) is 0 Å². The van der Waals surface area contributed by atoms with E-state index in [9.17, 15) is 9.90 Å². The molecule has 0 aliphatic carbocycles. The van der Waals surface area contributed by atoms with Crippen molar-refractivity contribution in [2.75, 3.05) is 0 Å². The highest BCUT2D eigenvalue weighted by Crippen LogP contribution is 2.24. The fourth-order valence-electron chi connectivity index (χ4n) is 2.21. The number of rotatable bonds is 5. The van der Waals surface area contributed by atoms with Gasteiger partial charge in [-0.05, 0) is 44.5 Å². The summed E-state index contributed by atoms with van der Waals surface area (Å²) in [6.07, 6.45) is 0.965. The average molecular weight is 339 g/mol. The molecule has 1 atom stereocenters. The average Bonchev–Trinajstić information content (AvgIpc) is 2.78. The van der Waals surface area contributed by atoms with Gasteiger partial charge in [0.25, 0.3) is 0 Å². The molecule has 2 rings (SSSR count). The Kier molecular flexibility index (Phi) is 5.42. The summed E-state index contributed by atoms with van der Waals surface area (Å²) in [6, 6.07) is 7.31. The van der Waals surface area contributed by atoms with Gasteiger partial charge >= 0.3 is 5.97 Å². The van der Waals surface area contributed by atoms with Crippen LogP contribution < -0.4 is 4.80 Å². The molecule has 0 bridgehead atoms. The molecule has 0 radical (unpaired) electrons. The number of carboxylic acids is 1. The van der Waals surface area contributed by atoms with Crippen molar-refractivity contribution in [2.45, 2.75) is 39.7 Å². The maximum atomic E-state index is 11.3. The lowest BCUT2D eigenvalue weighted by Crippen LogP contribution is -2.16. The molecule has 22 heavy (non-hydrogen) atoms. The van der Waals surface area contributed by atoms with Crippen molar-refractivity contribution < 1.29 is 9.90 Å². The highest BCUT2D eigenvalue weighted by atomic mass is 35.5. The van der Waals surface area contributed by atoms with Crippen LogP contribution in [-0.2, 0) is 11.3 Å². The van der Waals surface area contributed by atoms with Crippen LogP contribution in [0.4, 0.5) is 5.69 Å². The molecule has 6 heteroatoms. The number of benzene rings is 1. The second-order valence-corrected chi connectivity index (χ2v) is 6.58. The number of nitrogens with zero attached hydrogens (tertiary/aromatic N) is 2. The van der Waals surface area contributed by atoms with Gasteiger partial charge in [-0.25, -0.2) is 4.99 Å². The van der Waals surface area contributed by atoms with Crippen LogP contribution in [0.3, 0.4) is 0 Å². The Morgan fingerprint density at radius 1 is 1.41 bits per heavy atom. The van der Waals surface area contributed by atoms with E-state index in [0.29, 0.717) is 5.02 Å². The normalized spacial score (nSPS) is 13.4. The summed E-state index contributed by atoms with van der Waals surface area (Å²) in [5.41, 5.74) is 1.79. The fourth-order valence-corrected chi connectivity index (χ4v) is 3.56. The SMILES string of the molecule is CCCn1c(C)c(C(C)C(=O)O)sc1=Nc1ccc(Cl)cc1. The largest absolute Gasteiger partial charge is 0.481 e. The molecule has 1 unspecified atom stereocenters. The van der Waals surface area contributed by atoms with Crippen molar-refractivity contribution in [3.63, 3.8) is 0 Å². The number of carboxylic acid groups (broad SMARTS) is 1. The Balaban J connectivity index is 2.56. The minimum Gasteiger partial charge on any atom is -0.481 e. The molecule has 4 nitrogen and oxygen atoms in total. The molecule has 0 aliphatic heterocycles. The molecule has 1 heterocycles. The Bertz CT molecular complexity index is 732. The summed E-state index contributed by atoms with van der Waals surface area (Å²) in [4.78, 5) is 17.6. The zero-order valence-electron chi connectivity index (χ0n) is 12.8. The van der Waals surface area contributed by atoms with Crippen LogP contribution in [0.1, 0.15) is 36.8 Å². The molecule has 0 aliphatic rings. The maximum absolute atomic E-state index is 11.3. The Morgan fingerprint density at radius 3 is 2.59 bits per heavy atom. The molecule has 0 amide bonds. The second-order valence-electron chi connectivity index (χ2n) is 5.13. The van der Waals surface area contributed by atoms with Crippen LogP contribution >= 0.6 is 22.9 Å². The third kappa shape index (κ3) is 3.59. The van der Waals surface area contributed by atoms with Gasteiger partial charge in [-0.15, -0.1) is 11.3 Å². The molecule has 1 N–H and O–H groups in total. The van der Waals surface area contributed by atoms with E-state index in [0.717, 1.165) is 34.0 Å². The third-order valence-electron chi connectivity index (χ3n) is 3.46. The lowest BCUT2D eigenvalue weighted by atomic mass is 10.1. The topological polar surface area (TPSA) is 54.6 Å². The zero-order valence-corrected chi connectivity index (χ0v) is 14.4. The molecule has 118 valence electrons. The minimum absolute atomic E-state index is 0.526. The number of halogens is 1. The highest BCUT2D eigenvalue weighted by Gasteiger charge is 2.20. The van der Waals surface area contributed by atoms with Crippen LogP contribution in [-0.4, -0.2) is 15.6 Å². The summed E-state index contributed by atoms with van der Waals surface area (Å²) in [5, 5.41) is 9.93. The fraction of sp³-hybridized carbons (Fsp3) is 0.375. The first-order valence-electron chi connectivity index (χ1n) is 7.17. The maximum Gasteiger partial charge on any atom is 0.311 e. The molecular formula is C16H19ClN2O2S. The van der Waals surface area contributed by atoms with Crippen molar-refractivity contribution in [1.82, 2.24) is 4.57 Å². The van der Waals surface area contributed by atoms with Crippen molar-refractivity contribution in [3.05, 3.63) is 44.7 Å². The predicted octanol–water partition coefficient (Wildman–Crippen LogP) is 4.34. The quantitative estimate of drug-likeness (QED) is 0.881. The van der Waals surface area contributed by atoms with E-state index in [1.807, 2.05) is 19.1 Å². The van der Waals surface area contributed by atoms with Crippen molar-refractivity contribution >= 4 is 34.6 Å². The van der Waals surface area contributed by atoms with Gasteiger partial charge in [0.2, 0.25) is 0 Å².